The Labute approximate surface area is 168 Å². The fourth-order valence-corrected chi connectivity index (χ4v) is 2.84. The van der Waals surface area contributed by atoms with Crippen molar-refractivity contribution in [2.24, 2.45) is 0 Å². The molecule has 0 aliphatic carbocycles. The lowest BCUT2D eigenvalue weighted by Crippen LogP contribution is -2.35. The summed E-state index contributed by atoms with van der Waals surface area (Å²) in [6.45, 7) is 1.77. The zero-order chi connectivity index (χ0) is 20.3. The Bertz CT molecular complexity index is 1030. The Morgan fingerprint density at radius 3 is 2.86 bits per heavy atom. The van der Waals surface area contributed by atoms with Crippen LogP contribution in [0.1, 0.15) is 6.92 Å². The van der Waals surface area contributed by atoms with E-state index in [-0.39, 0.29) is 12.3 Å². The number of nitrogen functional groups attached to an aromatic ring is 1. The number of ether oxygens (including phenoxy) is 1. The number of rotatable bonds is 6. The van der Waals surface area contributed by atoms with E-state index in [2.05, 4.69) is 36.5 Å². The van der Waals surface area contributed by atoms with Crippen LogP contribution in [0.15, 0.2) is 41.1 Å². The van der Waals surface area contributed by atoms with E-state index in [4.69, 9.17) is 15.6 Å². The average molecular weight is 450 g/mol. The molecular weight excluding hydrogens is 433 g/mol. The first-order valence-corrected chi connectivity index (χ1v) is 9.01. The number of nitrogens with zero attached hydrogens (tertiary/aromatic N) is 2. The quantitative estimate of drug-likeness (QED) is 0.420. The fourth-order valence-electron chi connectivity index (χ4n) is 2.51. The highest BCUT2D eigenvalue weighted by Crippen LogP contribution is 2.32. The van der Waals surface area contributed by atoms with Crippen LogP contribution in [0.3, 0.4) is 0 Å². The van der Waals surface area contributed by atoms with Crippen molar-refractivity contribution >= 4 is 50.1 Å². The smallest absolute Gasteiger partial charge is 0.404 e. The summed E-state index contributed by atoms with van der Waals surface area (Å²) in [4.78, 5) is 19.0. The minimum absolute atomic E-state index is 0.0995. The second-order valence-corrected chi connectivity index (χ2v) is 6.96. The van der Waals surface area contributed by atoms with Gasteiger partial charge in [0.25, 0.3) is 0 Å². The second-order valence-electron chi connectivity index (χ2n) is 6.04. The highest BCUT2D eigenvalue weighted by Gasteiger charge is 2.13. The SMILES string of the molecule is CC(COc1cc2ncnc(Nc3ccc(Br)cc3F)c2cc1N)NC(=O)O. The van der Waals surface area contributed by atoms with Crippen molar-refractivity contribution in [3.63, 3.8) is 0 Å². The summed E-state index contributed by atoms with van der Waals surface area (Å²) in [5.74, 6) is 0.324. The maximum Gasteiger partial charge on any atom is 0.404 e. The summed E-state index contributed by atoms with van der Waals surface area (Å²) in [7, 11) is 0. The van der Waals surface area contributed by atoms with Gasteiger partial charge in [0.15, 0.2) is 0 Å². The first kappa shape index (κ1) is 19.6. The minimum Gasteiger partial charge on any atom is -0.489 e. The maximum absolute atomic E-state index is 14.1. The maximum atomic E-state index is 14.1. The van der Waals surface area contributed by atoms with E-state index in [0.717, 1.165) is 0 Å². The van der Waals surface area contributed by atoms with E-state index in [1.807, 2.05) is 0 Å². The molecule has 1 heterocycles. The molecule has 0 spiro atoms. The van der Waals surface area contributed by atoms with Gasteiger partial charge in [-0.05, 0) is 31.2 Å². The molecular formula is C18H17BrFN5O3. The molecule has 5 N–H and O–H groups in total. The number of halogens is 2. The number of amides is 1. The molecule has 0 fully saturated rings. The summed E-state index contributed by atoms with van der Waals surface area (Å²) in [5, 5.41) is 14.5. The summed E-state index contributed by atoms with van der Waals surface area (Å²) in [6, 6.07) is 7.47. The Balaban J connectivity index is 1.86. The van der Waals surface area contributed by atoms with Crippen molar-refractivity contribution in [3.8, 4) is 5.75 Å². The molecule has 0 aliphatic heterocycles. The Morgan fingerprint density at radius 2 is 2.14 bits per heavy atom. The van der Waals surface area contributed by atoms with Gasteiger partial charge in [0.2, 0.25) is 0 Å². The van der Waals surface area contributed by atoms with Crippen molar-refractivity contribution in [1.29, 1.82) is 0 Å². The van der Waals surface area contributed by atoms with E-state index in [0.29, 0.717) is 32.6 Å². The lowest BCUT2D eigenvalue weighted by molar-refractivity contribution is 0.183. The van der Waals surface area contributed by atoms with Gasteiger partial charge in [-0.1, -0.05) is 15.9 Å². The molecule has 1 aromatic heterocycles. The van der Waals surface area contributed by atoms with Crippen LogP contribution >= 0.6 is 15.9 Å². The number of fused-ring (bicyclic) bond motifs is 1. The first-order valence-electron chi connectivity index (χ1n) is 8.22. The number of hydrogen-bond acceptors (Lipinski definition) is 6. The second kappa shape index (κ2) is 8.26. The Morgan fingerprint density at radius 1 is 1.36 bits per heavy atom. The molecule has 8 nitrogen and oxygen atoms in total. The number of carbonyl (C=O) groups is 1. The molecule has 2 aromatic carbocycles. The van der Waals surface area contributed by atoms with Gasteiger partial charge in [0, 0.05) is 15.9 Å². The first-order chi connectivity index (χ1) is 13.3. The molecule has 0 bridgehead atoms. The number of nitrogens with two attached hydrogens (primary N) is 1. The number of aromatic nitrogens is 2. The zero-order valence-corrected chi connectivity index (χ0v) is 16.3. The van der Waals surface area contributed by atoms with E-state index in [1.54, 1.807) is 31.2 Å². The van der Waals surface area contributed by atoms with Gasteiger partial charge in [-0.15, -0.1) is 0 Å². The van der Waals surface area contributed by atoms with E-state index in [1.165, 1.54) is 12.4 Å². The van der Waals surface area contributed by atoms with E-state index < -0.39 is 18.0 Å². The van der Waals surface area contributed by atoms with Gasteiger partial charge in [-0.25, -0.2) is 19.2 Å². The van der Waals surface area contributed by atoms with Crippen molar-refractivity contribution < 1.29 is 19.0 Å². The Hall–Kier alpha value is -3.14. The monoisotopic (exact) mass is 449 g/mol. The third kappa shape index (κ3) is 4.58. The molecule has 3 rings (SSSR count). The van der Waals surface area contributed by atoms with Gasteiger partial charge in [-0.2, -0.15) is 0 Å². The van der Waals surface area contributed by atoms with Crippen LogP contribution in [0.5, 0.6) is 5.75 Å². The van der Waals surface area contributed by atoms with Crippen LogP contribution in [0.25, 0.3) is 10.9 Å². The lowest BCUT2D eigenvalue weighted by atomic mass is 10.2. The number of anilines is 3. The predicted molar refractivity (Wildman–Crippen MR) is 107 cm³/mol. The summed E-state index contributed by atoms with van der Waals surface area (Å²) in [5.41, 5.74) is 7.18. The molecule has 1 amide bonds. The summed E-state index contributed by atoms with van der Waals surface area (Å²) in [6.07, 6.45) is 0.210. The summed E-state index contributed by atoms with van der Waals surface area (Å²) >= 11 is 3.22. The van der Waals surface area contributed by atoms with E-state index in [9.17, 15) is 9.18 Å². The standard InChI is InChI=1S/C18H17BrFN5O3/c1-9(24-18(26)27)7-28-16-6-15-11(5-13(16)21)17(23-8-22-15)25-14-3-2-10(19)4-12(14)20/h2-6,8-9,24H,7,21H2,1H3,(H,26,27)(H,22,23,25). The predicted octanol–water partition coefficient (Wildman–Crippen LogP) is 3.89. The van der Waals surface area contributed by atoms with Crippen LogP contribution in [0, 0.1) is 5.82 Å². The van der Waals surface area contributed by atoms with Crippen LogP contribution in [0.4, 0.5) is 26.4 Å². The van der Waals surface area contributed by atoms with Crippen molar-refractivity contribution in [1.82, 2.24) is 15.3 Å². The third-order valence-corrected chi connectivity index (χ3v) is 4.30. The topological polar surface area (TPSA) is 122 Å². The average Bonchev–Trinajstić information content (AvgIpc) is 2.62. The van der Waals surface area contributed by atoms with Crippen LogP contribution in [-0.4, -0.2) is 33.8 Å². The van der Waals surface area contributed by atoms with Crippen LogP contribution in [0.2, 0.25) is 0 Å². The minimum atomic E-state index is -1.13. The molecule has 146 valence electrons. The molecule has 0 saturated heterocycles. The lowest BCUT2D eigenvalue weighted by Gasteiger charge is -2.15. The number of carboxylic acid groups (broad SMARTS) is 1. The van der Waals surface area contributed by atoms with Gasteiger partial charge in [0.05, 0.1) is 22.9 Å². The molecule has 0 aliphatic rings. The molecule has 10 heteroatoms. The molecule has 28 heavy (non-hydrogen) atoms. The molecule has 3 aromatic rings. The fraction of sp³-hybridized carbons (Fsp3) is 0.167. The summed E-state index contributed by atoms with van der Waals surface area (Å²) < 4.78 is 20.3. The zero-order valence-electron chi connectivity index (χ0n) is 14.7. The molecule has 0 radical (unpaired) electrons. The normalized spacial score (nSPS) is 11.8. The van der Waals surface area contributed by atoms with E-state index >= 15 is 0 Å². The third-order valence-electron chi connectivity index (χ3n) is 3.81. The highest BCUT2D eigenvalue weighted by molar-refractivity contribution is 9.10. The molecule has 1 atom stereocenters. The number of hydrogen-bond donors (Lipinski definition) is 4. The van der Waals surface area contributed by atoms with Gasteiger partial charge in [-0.3, -0.25) is 0 Å². The highest BCUT2D eigenvalue weighted by atomic mass is 79.9. The number of benzene rings is 2. The van der Waals surface area contributed by atoms with Crippen molar-refractivity contribution in [2.45, 2.75) is 13.0 Å². The van der Waals surface area contributed by atoms with Gasteiger partial charge < -0.3 is 26.2 Å². The van der Waals surface area contributed by atoms with Crippen molar-refractivity contribution in [3.05, 3.63) is 46.9 Å². The molecule has 1 unspecified atom stereocenters. The van der Waals surface area contributed by atoms with Crippen molar-refractivity contribution in [2.75, 3.05) is 17.7 Å². The van der Waals surface area contributed by atoms with Gasteiger partial charge in [0.1, 0.15) is 30.3 Å². The number of nitrogens with one attached hydrogen (secondary N) is 2. The van der Waals surface area contributed by atoms with Gasteiger partial charge >= 0.3 is 6.09 Å². The molecule has 0 saturated carbocycles. The van der Waals surface area contributed by atoms with Crippen LogP contribution in [-0.2, 0) is 0 Å². The Kier molecular flexibility index (Phi) is 5.78. The van der Waals surface area contributed by atoms with Crippen LogP contribution < -0.4 is 21.1 Å². The largest absolute Gasteiger partial charge is 0.489 e.